The normalized spacial score (nSPS) is 23.0. The number of amides is 3. The number of nitrogens with zero attached hydrogens (tertiary/aromatic N) is 1. The SMILES string of the molecule is CN(C)C(=O)C[C@@H]1C[C@H]2c3cc(NC(=O)Nc4ccc(C(F)(F)F)cc4)ccc3O[C@H]2[C@@H](CO)O1. The Morgan fingerprint density at radius 3 is 2.37 bits per heavy atom. The van der Waals surface area contributed by atoms with Crippen molar-refractivity contribution >= 4 is 23.3 Å². The number of halogens is 3. The van der Waals surface area contributed by atoms with Crippen molar-refractivity contribution in [2.24, 2.45) is 0 Å². The first-order chi connectivity index (χ1) is 16.5. The Balaban J connectivity index is 1.45. The summed E-state index contributed by atoms with van der Waals surface area (Å²) < 4.78 is 50.1. The molecule has 35 heavy (non-hydrogen) atoms. The van der Waals surface area contributed by atoms with Gasteiger partial charge in [0.1, 0.15) is 18.0 Å². The number of hydrogen-bond acceptors (Lipinski definition) is 5. The minimum Gasteiger partial charge on any atom is -0.487 e. The molecule has 11 heteroatoms. The van der Waals surface area contributed by atoms with Gasteiger partial charge >= 0.3 is 12.2 Å². The van der Waals surface area contributed by atoms with Crippen molar-refractivity contribution in [1.29, 1.82) is 0 Å². The molecule has 3 amide bonds. The zero-order valence-corrected chi connectivity index (χ0v) is 19.1. The number of benzene rings is 2. The van der Waals surface area contributed by atoms with Crippen molar-refractivity contribution in [2.75, 3.05) is 31.3 Å². The summed E-state index contributed by atoms with van der Waals surface area (Å²) in [4.78, 5) is 26.1. The molecule has 4 atom stereocenters. The second-order valence-electron chi connectivity index (χ2n) is 8.80. The topological polar surface area (TPSA) is 100 Å². The fourth-order valence-corrected chi connectivity index (χ4v) is 4.38. The van der Waals surface area contributed by atoms with Crippen LogP contribution in [0.15, 0.2) is 42.5 Å². The van der Waals surface area contributed by atoms with E-state index in [1.165, 1.54) is 17.0 Å². The minimum absolute atomic E-state index is 0.0837. The molecule has 2 aromatic rings. The Morgan fingerprint density at radius 2 is 1.74 bits per heavy atom. The van der Waals surface area contributed by atoms with E-state index in [0.29, 0.717) is 17.9 Å². The number of nitrogens with one attached hydrogen (secondary N) is 2. The van der Waals surface area contributed by atoms with Crippen LogP contribution in [-0.2, 0) is 15.7 Å². The van der Waals surface area contributed by atoms with Gasteiger partial charge < -0.3 is 30.1 Å². The molecule has 0 spiro atoms. The van der Waals surface area contributed by atoms with E-state index >= 15 is 0 Å². The second-order valence-corrected chi connectivity index (χ2v) is 8.80. The maximum Gasteiger partial charge on any atom is 0.416 e. The van der Waals surface area contributed by atoms with Gasteiger partial charge in [0.15, 0.2) is 0 Å². The molecule has 1 saturated heterocycles. The van der Waals surface area contributed by atoms with E-state index in [0.717, 1.165) is 17.7 Å². The van der Waals surface area contributed by atoms with Crippen LogP contribution in [0.3, 0.4) is 0 Å². The zero-order chi connectivity index (χ0) is 25.3. The van der Waals surface area contributed by atoms with Crippen LogP contribution in [0.1, 0.15) is 29.9 Å². The summed E-state index contributed by atoms with van der Waals surface area (Å²) in [5, 5.41) is 15.0. The highest BCUT2D eigenvalue weighted by Gasteiger charge is 2.46. The summed E-state index contributed by atoms with van der Waals surface area (Å²) in [6.07, 6.45) is -5.18. The van der Waals surface area contributed by atoms with Crippen LogP contribution in [0.25, 0.3) is 0 Å². The van der Waals surface area contributed by atoms with Crippen molar-refractivity contribution in [2.45, 2.75) is 43.2 Å². The van der Waals surface area contributed by atoms with Gasteiger partial charge in [-0.15, -0.1) is 0 Å². The van der Waals surface area contributed by atoms with E-state index in [-0.39, 0.29) is 30.5 Å². The average molecular weight is 493 g/mol. The number of hydrogen-bond donors (Lipinski definition) is 3. The first-order valence-corrected chi connectivity index (χ1v) is 11.1. The Hall–Kier alpha value is -3.31. The number of aliphatic hydroxyl groups excluding tert-OH is 1. The van der Waals surface area contributed by atoms with E-state index in [2.05, 4.69) is 10.6 Å². The quantitative estimate of drug-likeness (QED) is 0.588. The number of carbonyl (C=O) groups is 2. The van der Waals surface area contributed by atoms with Crippen LogP contribution >= 0.6 is 0 Å². The number of carbonyl (C=O) groups excluding carboxylic acids is 2. The van der Waals surface area contributed by atoms with E-state index in [1.807, 2.05) is 0 Å². The van der Waals surface area contributed by atoms with Gasteiger partial charge in [-0.3, -0.25) is 4.79 Å². The summed E-state index contributed by atoms with van der Waals surface area (Å²) in [7, 11) is 3.33. The molecule has 2 aliphatic rings. The highest BCUT2D eigenvalue weighted by Crippen LogP contribution is 2.47. The minimum atomic E-state index is -4.46. The second kappa shape index (κ2) is 9.74. The van der Waals surface area contributed by atoms with Gasteiger partial charge in [-0.1, -0.05) is 0 Å². The lowest BCUT2D eigenvalue weighted by atomic mass is 9.84. The molecule has 0 aliphatic carbocycles. The van der Waals surface area contributed by atoms with Gasteiger partial charge in [0.25, 0.3) is 0 Å². The maximum atomic E-state index is 12.7. The molecule has 2 heterocycles. The molecule has 1 fully saturated rings. The van der Waals surface area contributed by atoms with Crippen molar-refractivity contribution in [3.63, 3.8) is 0 Å². The van der Waals surface area contributed by atoms with Crippen molar-refractivity contribution < 1.29 is 37.3 Å². The van der Waals surface area contributed by atoms with E-state index in [9.17, 15) is 27.9 Å². The van der Waals surface area contributed by atoms with Crippen molar-refractivity contribution in [3.05, 3.63) is 53.6 Å². The predicted molar refractivity (Wildman–Crippen MR) is 121 cm³/mol. The lowest BCUT2D eigenvalue weighted by molar-refractivity contribution is -0.147. The third kappa shape index (κ3) is 5.51. The number of ether oxygens (including phenoxy) is 2. The first kappa shape index (κ1) is 24.8. The molecule has 4 rings (SSSR count). The summed E-state index contributed by atoms with van der Waals surface area (Å²) in [6, 6.07) is 8.63. The number of aliphatic hydroxyl groups is 1. The van der Waals surface area contributed by atoms with Crippen LogP contribution in [0.4, 0.5) is 29.3 Å². The van der Waals surface area contributed by atoms with Crippen LogP contribution < -0.4 is 15.4 Å². The Morgan fingerprint density at radius 1 is 1.09 bits per heavy atom. The van der Waals surface area contributed by atoms with Crippen molar-refractivity contribution in [1.82, 2.24) is 4.90 Å². The molecule has 0 bridgehead atoms. The van der Waals surface area contributed by atoms with E-state index in [1.54, 1.807) is 32.3 Å². The van der Waals surface area contributed by atoms with Crippen LogP contribution in [0.5, 0.6) is 5.75 Å². The van der Waals surface area contributed by atoms with Gasteiger partial charge in [-0.2, -0.15) is 13.2 Å². The maximum absolute atomic E-state index is 12.7. The summed E-state index contributed by atoms with van der Waals surface area (Å²) in [6.45, 7) is -0.261. The number of anilines is 2. The Bertz CT molecular complexity index is 1090. The third-order valence-electron chi connectivity index (χ3n) is 6.13. The van der Waals surface area contributed by atoms with Gasteiger partial charge in [-0.05, 0) is 48.9 Å². The molecule has 3 N–H and O–H groups in total. The molecule has 0 aromatic heterocycles. The van der Waals surface area contributed by atoms with E-state index < -0.39 is 36.1 Å². The van der Waals surface area contributed by atoms with Gasteiger partial charge in [-0.25, -0.2) is 4.79 Å². The molecule has 2 aromatic carbocycles. The molecule has 0 radical (unpaired) electrons. The van der Waals surface area contributed by atoms with Crippen LogP contribution in [0.2, 0.25) is 0 Å². The summed E-state index contributed by atoms with van der Waals surface area (Å²) in [5.74, 6) is 0.380. The average Bonchev–Trinajstić information content (AvgIpc) is 3.16. The number of alkyl halides is 3. The Kier molecular flexibility index (Phi) is 6.91. The van der Waals surface area contributed by atoms with Gasteiger partial charge in [0, 0.05) is 37.0 Å². The van der Waals surface area contributed by atoms with Gasteiger partial charge in [0.05, 0.1) is 24.7 Å². The highest BCUT2D eigenvalue weighted by atomic mass is 19.4. The number of fused-ring (bicyclic) bond motifs is 3. The molecule has 0 saturated carbocycles. The highest BCUT2D eigenvalue weighted by molar-refractivity contribution is 5.99. The number of urea groups is 1. The fourth-order valence-electron chi connectivity index (χ4n) is 4.38. The third-order valence-corrected chi connectivity index (χ3v) is 6.13. The van der Waals surface area contributed by atoms with Crippen LogP contribution in [-0.4, -0.2) is 61.0 Å². The number of rotatable bonds is 5. The summed E-state index contributed by atoms with van der Waals surface area (Å²) in [5.41, 5.74) is 0.695. The molecular weight excluding hydrogens is 467 g/mol. The lowest BCUT2D eigenvalue weighted by Crippen LogP contribution is -2.47. The zero-order valence-electron chi connectivity index (χ0n) is 19.1. The standard InChI is InChI=1S/C24H26F3N3O5/c1-30(2)21(32)11-16-10-18-17-9-15(7-8-19(17)35-22(18)20(12-31)34-16)29-23(33)28-14-5-3-13(4-6-14)24(25,26)27/h3-9,16,18,20,22,31H,10-12H2,1-2H3,(H2,28,29,33)/t16-,18-,20+,22+/m0/s1. The molecular formula is C24H26F3N3O5. The largest absolute Gasteiger partial charge is 0.487 e. The summed E-state index contributed by atoms with van der Waals surface area (Å²) >= 11 is 0. The lowest BCUT2D eigenvalue weighted by Gasteiger charge is -2.37. The van der Waals surface area contributed by atoms with Gasteiger partial charge in [0.2, 0.25) is 5.91 Å². The monoisotopic (exact) mass is 493 g/mol. The molecule has 188 valence electrons. The smallest absolute Gasteiger partial charge is 0.416 e. The Labute approximate surface area is 200 Å². The van der Waals surface area contributed by atoms with Crippen molar-refractivity contribution in [3.8, 4) is 5.75 Å². The first-order valence-electron chi connectivity index (χ1n) is 11.1. The van der Waals surface area contributed by atoms with Crippen LogP contribution in [0, 0.1) is 0 Å². The fraction of sp³-hybridized carbons (Fsp3) is 0.417. The predicted octanol–water partition coefficient (Wildman–Crippen LogP) is 3.82. The molecule has 0 unspecified atom stereocenters. The molecule has 8 nitrogen and oxygen atoms in total. The van der Waals surface area contributed by atoms with E-state index in [4.69, 9.17) is 9.47 Å². The molecule has 2 aliphatic heterocycles.